The van der Waals surface area contributed by atoms with Crippen molar-refractivity contribution >= 4 is 24.0 Å². The minimum atomic E-state index is -0.425. The van der Waals surface area contributed by atoms with Crippen LogP contribution in [0.5, 0.6) is 0 Å². The quantitative estimate of drug-likeness (QED) is 0.641. The van der Waals surface area contributed by atoms with Crippen molar-refractivity contribution in [3.63, 3.8) is 0 Å². The molecular formula is C13H20ClN3O3. The summed E-state index contributed by atoms with van der Waals surface area (Å²) in [6.07, 6.45) is 0. The van der Waals surface area contributed by atoms with Gasteiger partial charge in [-0.2, -0.15) is 0 Å². The number of hydrogen-bond donors (Lipinski definition) is 2. The van der Waals surface area contributed by atoms with Crippen molar-refractivity contribution < 1.29 is 9.72 Å². The van der Waals surface area contributed by atoms with E-state index in [0.717, 1.165) is 5.56 Å². The molecule has 2 atom stereocenters. The minimum Gasteiger partial charge on any atom is -0.352 e. The Bertz CT molecular complexity index is 492. The van der Waals surface area contributed by atoms with Crippen molar-refractivity contribution in [2.75, 3.05) is 0 Å². The zero-order valence-electron chi connectivity index (χ0n) is 11.8. The second kappa shape index (κ2) is 7.81. The first-order valence-electron chi connectivity index (χ1n) is 6.10. The van der Waals surface area contributed by atoms with Crippen LogP contribution in [-0.2, 0) is 11.3 Å². The number of amides is 1. The SMILES string of the molecule is Cc1c(CNC(=O)C(C)C(C)N)cccc1[N+](=O)[O-].Cl. The molecule has 3 N–H and O–H groups in total. The molecule has 0 saturated heterocycles. The third-order valence-electron chi connectivity index (χ3n) is 3.27. The fourth-order valence-electron chi connectivity index (χ4n) is 1.64. The Morgan fingerprint density at radius 3 is 2.55 bits per heavy atom. The second-order valence-corrected chi connectivity index (χ2v) is 4.68. The Labute approximate surface area is 124 Å². The summed E-state index contributed by atoms with van der Waals surface area (Å²) in [6, 6.07) is 4.60. The molecule has 1 aromatic rings. The van der Waals surface area contributed by atoms with Crippen LogP contribution in [0.25, 0.3) is 0 Å². The molecule has 6 nitrogen and oxygen atoms in total. The van der Waals surface area contributed by atoms with Crippen molar-refractivity contribution in [2.24, 2.45) is 11.7 Å². The van der Waals surface area contributed by atoms with Gasteiger partial charge in [0.25, 0.3) is 5.69 Å². The van der Waals surface area contributed by atoms with E-state index in [0.29, 0.717) is 5.56 Å². The molecule has 1 aromatic carbocycles. The van der Waals surface area contributed by atoms with Gasteiger partial charge in [-0.25, -0.2) is 0 Å². The zero-order valence-corrected chi connectivity index (χ0v) is 12.6. The highest BCUT2D eigenvalue weighted by Crippen LogP contribution is 2.20. The van der Waals surface area contributed by atoms with E-state index in [1.807, 2.05) is 0 Å². The van der Waals surface area contributed by atoms with Gasteiger partial charge in [-0.1, -0.05) is 19.1 Å². The monoisotopic (exact) mass is 301 g/mol. The molecule has 0 spiro atoms. The topological polar surface area (TPSA) is 98.3 Å². The number of carbonyl (C=O) groups is 1. The van der Waals surface area contributed by atoms with E-state index < -0.39 is 4.92 Å². The van der Waals surface area contributed by atoms with Gasteiger partial charge in [0, 0.05) is 30.1 Å². The molecule has 1 rings (SSSR count). The molecule has 0 saturated carbocycles. The van der Waals surface area contributed by atoms with Crippen LogP contribution < -0.4 is 11.1 Å². The van der Waals surface area contributed by atoms with Crippen molar-refractivity contribution in [2.45, 2.75) is 33.4 Å². The highest BCUT2D eigenvalue weighted by atomic mass is 35.5. The maximum absolute atomic E-state index is 11.8. The lowest BCUT2D eigenvalue weighted by Gasteiger charge is -2.15. The van der Waals surface area contributed by atoms with E-state index in [-0.39, 0.29) is 42.5 Å². The average Bonchev–Trinajstić information content (AvgIpc) is 2.35. The number of nitro benzene ring substituents is 1. The maximum atomic E-state index is 11.8. The fraction of sp³-hybridized carbons (Fsp3) is 0.462. The summed E-state index contributed by atoms with van der Waals surface area (Å²) >= 11 is 0. The summed E-state index contributed by atoms with van der Waals surface area (Å²) in [7, 11) is 0. The summed E-state index contributed by atoms with van der Waals surface area (Å²) in [6.45, 7) is 5.46. The van der Waals surface area contributed by atoms with Crippen LogP contribution in [0.4, 0.5) is 5.69 Å². The summed E-state index contributed by atoms with van der Waals surface area (Å²) in [4.78, 5) is 22.1. The highest BCUT2D eigenvalue weighted by Gasteiger charge is 2.18. The Kier molecular flexibility index (Phi) is 7.17. The number of halogens is 1. The molecule has 2 unspecified atom stereocenters. The Morgan fingerprint density at radius 2 is 2.05 bits per heavy atom. The third-order valence-corrected chi connectivity index (χ3v) is 3.27. The molecular weight excluding hydrogens is 282 g/mol. The standard InChI is InChI=1S/C13H19N3O3.ClH/c1-8(10(3)14)13(17)15-7-11-5-4-6-12(9(11)2)16(18)19;/h4-6,8,10H,7,14H2,1-3H3,(H,15,17);1H. The molecule has 112 valence electrons. The van der Waals surface area contributed by atoms with Crippen LogP contribution in [0, 0.1) is 23.0 Å². The van der Waals surface area contributed by atoms with E-state index in [2.05, 4.69) is 5.32 Å². The number of rotatable bonds is 5. The number of carbonyl (C=O) groups excluding carboxylic acids is 1. The van der Waals surface area contributed by atoms with E-state index in [4.69, 9.17) is 5.73 Å². The van der Waals surface area contributed by atoms with Gasteiger partial charge in [-0.05, 0) is 19.4 Å². The van der Waals surface area contributed by atoms with Crippen molar-refractivity contribution in [3.05, 3.63) is 39.4 Å². The Hall–Kier alpha value is -1.66. The Balaban J connectivity index is 0.00000361. The molecule has 0 aromatic heterocycles. The van der Waals surface area contributed by atoms with Crippen LogP contribution >= 0.6 is 12.4 Å². The molecule has 0 fully saturated rings. The molecule has 20 heavy (non-hydrogen) atoms. The molecule has 0 bridgehead atoms. The zero-order chi connectivity index (χ0) is 14.6. The van der Waals surface area contributed by atoms with Gasteiger partial charge in [0.05, 0.1) is 4.92 Å². The predicted molar refractivity (Wildman–Crippen MR) is 79.7 cm³/mol. The lowest BCUT2D eigenvalue weighted by atomic mass is 10.0. The summed E-state index contributed by atoms with van der Waals surface area (Å²) in [5.74, 6) is -0.445. The number of nitrogens with two attached hydrogens (primary N) is 1. The van der Waals surface area contributed by atoms with Crippen molar-refractivity contribution in [1.82, 2.24) is 5.32 Å². The summed E-state index contributed by atoms with van der Waals surface area (Å²) in [5, 5.41) is 13.6. The predicted octanol–water partition coefficient (Wildman–Crippen LogP) is 1.92. The number of nitrogens with one attached hydrogen (secondary N) is 1. The number of nitro groups is 1. The van der Waals surface area contributed by atoms with Crippen LogP contribution in [-0.4, -0.2) is 16.9 Å². The molecule has 0 heterocycles. The Morgan fingerprint density at radius 1 is 1.45 bits per heavy atom. The average molecular weight is 302 g/mol. The van der Waals surface area contributed by atoms with Crippen LogP contribution in [0.3, 0.4) is 0 Å². The minimum absolute atomic E-state index is 0. The van der Waals surface area contributed by atoms with Gasteiger partial charge in [0.1, 0.15) is 0 Å². The molecule has 0 aliphatic carbocycles. The second-order valence-electron chi connectivity index (χ2n) is 4.68. The van der Waals surface area contributed by atoms with E-state index in [1.165, 1.54) is 6.07 Å². The van der Waals surface area contributed by atoms with E-state index in [1.54, 1.807) is 32.9 Å². The van der Waals surface area contributed by atoms with Crippen LogP contribution in [0.2, 0.25) is 0 Å². The number of benzene rings is 1. The third kappa shape index (κ3) is 4.47. The van der Waals surface area contributed by atoms with Crippen molar-refractivity contribution in [1.29, 1.82) is 0 Å². The van der Waals surface area contributed by atoms with E-state index in [9.17, 15) is 14.9 Å². The molecule has 0 aliphatic heterocycles. The molecule has 1 amide bonds. The van der Waals surface area contributed by atoms with E-state index >= 15 is 0 Å². The van der Waals surface area contributed by atoms with Gasteiger partial charge >= 0.3 is 0 Å². The fourth-order valence-corrected chi connectivity index (χ4v) is 1.64. The van der Waals surface area contributed by atoms with Gasteiger partial charge in [0.15, 0.2) is 0 Å². The summed E-state index contributed by atoms with van der Waals surface area (Å²) < 4.78 is 0. The smallest absolute Gasteiger partial charge is 0.272 e. The lowest BCUT2D eigenvalue weighted by molar-refractivity contribution is -0.385. The number of nitrogens with zero attached hydrogens (tertiary/aromatic N) is 1. The lowest BCUT2D eigenvalue weighted by Crippen LogP contribution is -2.38. The van der Waals surface area contributed by atoms with Crippen molar-refractivity contribution in [3.8, 4) is 0 Å². The normalized spacial score (nSPS) is 13.0. The summed E-state index contributed by atoms with van der Waals surface area (Å²) in [5.41, 5.74) is 7.02. The van der Waals surface area contributed by atoms with Gasteiger partial charge < -0.3 is 11.1 Å². The van der Waals surface area contributed by atoms with Gasteiger partial charge in [0.2, 0.25) is 5.91 Å². The van der Waals surface area contributed by atoms with Crippen LogP contribution in [0.15, 0.2) is 18.2 Å². The maximum Gasteiger partial charge on any atom is 0.272 e. The number of hydrogen-bond acceptors (Lipinski definition) is 4. The van der Waals surface area contributed by atoms with Gasteiger partial charge in [-0.3, -0.25) is 14.9 Å². The first-order valence-corrected chi connectivity index (χ1v) is 6.10. The molecule has 7 heteroatoms. The first-order chi connectivity index (χ1) is 8.84. The van der Waals surface area contributed by atoms with Gasteiger partial charge in [-0.15, -0.1) is 12.4 Å². The highest BCUT2D eigenvalue weighted by molar-refractivity contribution is 5.85. The molecule has 0 radical (unpaired) electrons. The molecule has 0 aliphatic rings. The van der Waals surface area contributed by atoms with Crippen LogP contribution in [0.1, 0.15) is 25.0 Å². The largest absolute Gasteiger partial charge is 0.352 e. The first kappa shape index (κ1) is 18.3.